The number of nitrogens with zero attached hydrogens (tertiary/aromatic N) is 1. The smallest absolute Gasteiger partial charge is 0.168 e. The van der Waals surface area contributed by atoms with Crippen LogP contribution in [-0.2, 0) is 9.59 Å². The van der Waals surface area contributed by atoms with Gasteiger partial charge < -0.3 is 5.32 Å². The minimum atomic E-state index is -0.0763. The van der Waals surface area contributed by atoms with Gasteiger partial charge in [0.05, 0.1) is 5.57 Å². The summed E-state index contributed by atoms with van der Waals surface area (Å²) in [6, 6.07) is 12.2. The molecule has 1 aliphatic carbocycles. The lowest BCUT2D eigenvalue weighted by Crippen LogP contribution is -2.27. The van der Waals surface area contributed by atoms with Crippen LogP contribution in [0, 0.1) is 0 Å². The Bertz CT molecular complexity index is 772. The maximum Gasteiger partial charge on any atom is 0.168 e. The molecule has 0 bridgehead atoms. The summed E-state index contributed by atoms with van der Waals surface area (Å²) in [6.45, 7) is 3.95. The van der Waals surface area contributed by atoms with Gasteiger partial charge in [-0.25, -0.2) is 0 Å². The van der Waals surface area contributed by atoms with E-state index < -0.39 is 0 Å². The van der Waals surface area contributed by atoms with E-state index in [9.17, 15) is 9.59 Å². The number of nitrogens with one attached hydrogen (secondary N) is 1. The van der Waals surface area contributed by atoms with Crippen molar-refractivity contribution < 1.29 is 9.59 Å². The van der Waals surface area contributed by atoms with Crippen LogP contribution in [0.25, 0.3) is 11.1 Å². The Hall–Kier alpha value is -2.75. The minimum Gasteiger partial charge on any atom is -0.388 e. The molecule has 3 rings (SSSR count). The lowest BCUT2D eigenvalue weighted by Gasteiger charge is -2.23. The lowest BCUT2D eigenvalue weighted by atomic mass is 9.80. The number of benzene rings is 1. The van der Waals surface area contributed by atoms with Gasteiger partial charge in [0.25, 0.3) is 0 Å². The molecule has 1 aliphatic rings. The van der Waals surface area contributed by atoms with Crippen molar-refractivity contribution in [3.05, 3.63) is 66.1 Å². The molecule has 1 aromatic carbocycles. The van der Waals surface area contributed by atoms with Crippen molar-refractivity contribution >= 4 is 11.6 Å². The molecular weight excluding hydrogens is 312 g/mol. The van der Waals surface area contributed by atoms with Gasteiger partial charge in [-0.05, 0) is 48.6 Å². The Balaban J connectivity index is 1.74. The van der Waals surface area contributed by atoms with Gasteiger partial charge in [0.2, 0.25) is 0 Å². The standard InChI is InChI=1S/C21H22N2O2/c1-14(2)23-13-19-20(24)11-18(12-21(19)25)16-5-3-15(4-6-16)17-7-9-22-10-8-17/h3-10,13-14,18,23H,11-12H2,1-2H3. The predicted octanol–water partition coefficient (Wildman–Crippen LogP) is 3.65. The summed E-state index contributed by atoms with van der Waals surface area (Å²) in [6.07, 6.45) is 5.87. The van der Waals surface area contributed by atoms with Crippen molar-refractivity contribution in [2.75, 3.05) is 0 Å². The third-order valence-corrected chi connectivity index (χ3v) is 4.42. The zero-order valence-electron chi connectivity index (χ0n) is 14.5. The number of rotatable bonds is 4. The second kappa shape index (κ2) is 7.43. The highest BCUT2D eigenvalue weighted by atomic mass is 16.1. The average molecular weight is 334 g/mol. The number of pyridine rings is 1. The maximum absolute atomic E-state index is 12.4. The van der Waals surface area contributed by atoms with E-state index in [4.69, 9.17) is 0 Å². The average Bonchev–Trinajstić information content (AvgIpc) is 2.61. The zero-order valence-corrected chi connectivity index (χ0v) is 14.5. The van der Waals surface area contributed by atoms with Gasteiger partial charge in [-0.3, -0.25) is 14.6 Å². The van der Waals surface area contributed by atoms with Crippen LogP contribution in [-0.4, -0.2) is 22.6 Å². The topological polar surface area (TPSA) is 59.1 Å². The Morgan fingerprint density at radius 2 is 1.52 bits per heavy atom. The van der Waals surface area contributed by atoms with Gasteiger partial charge in [-0.1, -0.05) is 24.3 Å². The number of aromatic nitrogens is 1. The van der Waals surface area contributed by atoms with E-state index in [-0.39, 0.29) is 23.5 Å². The van der Waals surface area contributed by atoms with E-state index in [1.54, 1.807) is 18.6 Å². The first-order valence-corrected chi connectivity index (χ1v) is 8.57. The van der Waals surface area contributed by atoms with Gasteiger partial charge in [0.15, 0.2) is 11.6 Å². The molecule has 0 amide bonds. The number of carbonyl (C=O) groups excluding carboxylic acids is 2. The van der Waals surface area contributed by atoms with Crippen molar-refractivity contribution in [1.29, 1.82) is 0 Å². The maximum atomic E-state index is 12.4. The van der Waals surface area contributed by atoms with Crippen LogP contribution in [0.2, 0.25) is 0 Å². The van der Waals surface area contributed by atoms with E-state index in [0.717, 1.165) is 16.7 Å². The first-order valence-electron chi connectivity index (χ1n) is 8.57. The first-order chi connectivity index (χ1) is 12.0. The molecule has 0 unspecified atom stereocenters. The van der Waals surface area contributed by atoms with Crippen LogP contribution in [0.5, 0.6) is 0 Å². The van der Waals surface area contributed by atoms with E-state index in [1.807, 2.05) is 50.2 Å². The summed E-state index contributed by atoms with van der Waals surface area (Å²) in [5, 5.41) is 3.05. The molecule has 2 aromatic rings. The molecule has 4 nitrogen and oxygen atoms in total. The van der Waals surface area contributed by atoms with E-state index in [1.165, 1.54) is 0 Å². The van der Waals surface area contributed by atoms with Gasteiger partial charge in [-0.2, -0.15) is 0 Å². The summed E-state index contributed by atoms with van der Waals surface area (Å²) >= 11 is 0. The van der Waals surface area contributed by atoms with E-state index in [0.29, 0.717) is 18.4 Å². The largest absolute Gasteiger partial charge is 0.388 e. The molecule has 1 aromatic heterocycles. The summed E-state index contributed by atoms with van der Waals surface area (Å²) < 4.78 is 0. The Kier molecular flexibility index (Phi) is 5.08. The lowest BCUT2D eigenvalue weighted by molar-refractivity contribution is -0.124. The molecule has 0 spiro atoms. The molecule has 0 saturated heterocycles. The Morgan fingerprint density at radius 1 is 0.960 bits per heavy atom. The highest BCUT2D eigenvalue weighted by Crippen LogP contribution is 2.32. The molecule has 0 atom stereocenters. The van der Waals surface area contributed by atoms with Crippen LogP contribution in [0.15, 0.2) is 60.6 Å². The van der Waals surface area contributed by atoms with Crippen molar-refractivity contribution in [2.24, 2.45) is 0 Å². The van der Waals surface area contributed by atoms with Crippen LogP contribution < -0.4 is 5.32 Å². The number of allylic oxidation sites excluding steroid dienone is 1. The summed E-state index contributed by atoms with van der Waals surface area (Å²) in [5.74, 6) is -0.192. The Morgan fingerprint density at radius 3 is 2.08 bits per heavy atom. The molecule has 128 valence electrons. The molecule has 1 saturated carbocycles. The first kappa shape index (κ1) is 17.1. The minimum absolute atomic E-state index is 0.0392. The number of hydrogen-bond donors (Lipinski definition) is 1. The molecule has 0 radical (unpaired) electrons. The SMILES string of the molecule is CC(C)NC=C1C(=O)CC(c2ccc(-c3ccncc3)cc2)CC1=O. The highest BCUT2D eigenvalue weighted by molar-refractivity contribution is 6.22. The fourth-order valence-corrected chi connectivity index (χ4v) is 3.03. The van der Waals surface area contributed by atoms with Crippen molar-refractivity contribution in [3.8, 4) is 11.1 Å². The monoisotopic (exact) mass is 334 g/mol. The van der Waals surface area contributed by atoms with Crippen LogP contribution in [0.1, 0.15) is 38.2 Å². The van der Waals surface area contributed by atoms with Crippen molar-refractivity contribution in [2.45, 2.75) is 38.6 Å². The van der Waals surface area contributed by atoms with E-state index in [2.05, 4.69) is 10.3 Å². The van der Waals surface area contributed by atoms with Gasteiger partial charge >= 0.3 is 0 Å². The third-order valence-electron chi connectivity index (χ3n) is 4.42. The van der Waals surface area contributed by atoms with Gasteiger partial charge in [-0.15, -0.1) is 0 Å². The molecule has 25 heavy (non-hydrogen) atoms. The molecule has 1 heterocycles. The van der Waals surface area contributed by atoms with Crippen LogP contribution >= 0.6 is 0 Å². The summed E-state index contributed by atoms with van der Waals surface area (Å²) in [5.41, 5.74) is 3.54. The number of Topliss-reactive ketones (excluding diaryl/α,β-unsaturated/α-hetero) is 2. The van der Waals surface area contributed by atoms with Gasteiger partial charge in [0, 0.05) is 37.5 Å². The fraction of sp³-hybridized carbons (Fsp3) is 0.286. The zero-order chi connectivity index (χ0) is 17.8. The number of hydrogen-bond acceptors (Lipinski definition) is 4. The quantitative estimate of drug-likeness (QED) is 0.685. The van der Waals surface area contributed by atoms with Crippen LogP contribution in [0.3, 0.4) is 0 Å². The van der Waals surface area contributed by atoms with E-state index >= 15 is 0 Å². The summed E-state index contributed by atoms with van der Waals surface area (Å²) in [4.78, 5) is 28.7. The third kappa shape index (κ3) is 4.02. The fourth-order valence-electron chi connectivity index (χ4n) is 3.03. The van der Waals surface area contributed by atoms with Crippen LogP contribution in [0.4, 0.5) is 0 Å². The highest BCUT2D eigenvalue weighted by Gasteiger charge is 2.31. The number of carbonyl (C=O) groups is 2. The molecule has 1 N–H and O–H groups in total. The summed E-state index contributed by atoms with van der Waals surface area (Å²) in [7, 11) is 0. The van der Waals surface area contributed by atoms with Crippen molar-refractivity contribution in [1.82, 2.24) is 10.3 Å². The second-order valence-electron chi connectivity index (χ2n) is 6.69. The molecule has 0 aliphatic heterocycles. The molecular formula is C21H22N2O2. The molecule has 4 heteroatoms. The second-order valence-corrected chi connectivity index (χ2v) is 6.69. The van der Waals surface area contributed by atoms with Gasteiger partial charge in [0.1, 0.15) is 0 Å². The number of ketones is 2. The Labute approximate surface area is 148 Å². The molecule has 1 fully saturated rings. The normalized spacial score (nSPS) is 17.7. The van der Waals surface area contributed by atoms with Crippen molar-refractivity contribution in [3.63, 3.8) is 0 Å². The predicted molar refractivity (Wildman–Crippen MR) is 98.0 cm³/mol.